The highest BCUT2D eigenvalue weighted by molar-refractivity contribution is 5.88. The molecule has 0 radical (unpaired) electrons. The van der Waals surface area contributed by atoms with Gasteiger partial charge >= 0.3 is 5.97 Å². The summed E-state index contributed by atoms with van der Waals surface area (Å²) in [7, 11) is 0. The van der Waals surface area contributed by atoms with Crippen LogP contribution in [0.4, 0.5) is 0 Å². The monoisotopic (exact) mass is 238 g/mol. The number of nitrogens with one attached hydrogen (secondary N) is 1. The van der Waals surface area contributed by atoms with Crippen molar-refractivity contribution in [3.05, 3.63) is 23.8 Å². The number of hydrogen-bond donors (Lipinski definition) is 3. The lowest BCUT2D eigenvalue weighted by Gasteiger charge is -2.19. The summed E-state index contributed by atoms with van der Waals surface area (Å²) in [6, 6.07) is -1.63. The van der Waals surface area contributed by atoms with Gasteiger partial charge < -0.3 is 16.2 Å². The van der Waals surface area contributed by atoms with Gasteiger partial charge in [-0.1, -0.05) is 18.2 Å². The lowest BCUT2D eigenvalue weighted by molar-refractivity contribution is -0.139. The van der Waals surface area contributed by atoms with Gasteiger partial charge in [-0.05, 0) is 6.42 Å². The molecule has 17 heavy (non-hydrogen) atoms. The van der Waals surface area contributed by atoms with Crippen LogP contribution in [0.5, 0.6) is 0 Å². The van der Waals surface area contributed by atoms with Crippen molar-refractivity contribution in [2.24, 2.45) is 5.73 Å². The average molecular weight is 238 g/mol. The Hall–Kier alpha value is -1.95. The number of amides is 1. The first-order valence-corrected chi connectivity index (χ1v) is 5.14. The smallest absolute Gasteiger partial charge is 0.305 e. The summed E-state index contributed by atoms with van der Waals surface area (Å²) in [5.74, 6) is -1.73. The van der Waals surface area contributed by atoms with Crippen molar-refractivity contribution < 1.29 is 19.5 Å². The molecule has 0 saturated carbocycles. The van der Waals surface area contributed by atoms with E-state index in [-0.39, 0.29) is 0 Å². The fourth-order valence-corrected chi connectivity index (χ4v) is 1.45. The molecule has 4 N–H and O–H groups in total. The van der Waals surface area contributed by atoms with E-state index in [1.54, 1.807) is 18.2 Å². The molecule has 0 aromatic rings. The summed E-state index contributed by atoms with van der Waals surface area (Å²) in [4.78, 5) is 32.6. The van der Waals surface area contributed by atoms with Crippen LogP contribution in [0.25, 0.3) is 0 Å². The predicted molar refractivity (Wildman–Crippen MR) is 60.1 cm³/mol. The van der Waals surface area contributed by atoms with Gasteiger partial charge in [-0.15, -0.1) is 0 Å². The second-order valence-corrected chi connectivity index (χ2v) is 3.68. The molecule has 1 aliphatic carbocycles. The van der Waals surface area contributed by atoms with Crippen LogP contribution in [0.3, 0.4) is 0 Å². The maximum absolute atomic E-state index is 11.5. The number of nitrogens with two attached hydrogens (primary N) is 1. The van der Waals surface area contributed by atoms with Crippen LogP contribution in [0, 0.1) is 0 Å². The quantitative estimate of drug-likeness (QED) is 0.436. The van der Waals surface area contributed by atoms with Crippen molar-refractivity contribution >= 4 is 18.2 Å². The van der Waals surface area contributed by atoms with E-state index in [0.717, 1.165) is 0 Å². The molecule has 1 amide bonds. The minimum Gasteiger partial charge on any atom is -0.481 e. The summed E-state index contributed by atoms with van der Waals surface area (Å²) in [6.45, 7) is 0. The second kappa shape index (κ2) is 5.95. The standard InChI is InChI=1S/C11H14N2O4/c12-8(5-10(15)16)11(17)13-9-4-2-1-3-7(9)6-14/h2-4,6,8-9H,1,5,12H2,(H,13,17)(H,15,16)/t8-,9?/m0/s1. The van der Waals surface area contributed by atoms with E-state index < -0.39 is 30.4 Å². The first-order valence-electron chi connectivity index (χ1n) is 5.14. The third-order valence-electron chi connectivity index (χ3n) is 2.34. The molecule has 0 aliphatic heterocycles. The van der Waals surface area contributed by atoms with Crippen molar-refractivity contribution in [1.29, 1.82) is 0 Å². The van der Waals surface area contributed by atoms with Gasteiger partial charge in [0.2, 0.25) is 5.91 Å². The number of allylic oxidation sites excluding steroid dienone is 2. The molecule has 0 spiro atoms. The van der Waals surface area contributed by atoms with E-state index in [0.29, 0.717) is 18.3 Å². The van der Waals surface area contributed by atoms with Crippen LogP contribution in [-0.4, -0.2) is 35.4 Å². The number of hydrogen-bond acceptors (Lipinski definition) is 4. The first kappa shape index (κ1) is 13.1. The Morgan fingerprint density at radius 1 is 1.65 bits per heavy atom. The fraction of sp³-hybridized carbons (Fsp3) is 0.364. The Bertz CT molecular complexity index is 387. The van der Waals surface area contributed by atoms with Gasteiger partial charge in [-0.3, -0.25) is 14.4 Å². The molecule has 0 aromatic carbocycles. The molecule has 0 aromatic heterocycles. The fourth-order valence-electron chi connectivity index (χ4n) is 1.45. The predicted octanol–water partition coefficient (Wildman–Crippen LogP) is -0.642. The van der Waals surface area contributed by atoms with Crippen molar-refractivity contribution in [3.63, 3.8) is 0 Å². The second-order valence-electron chi connectivity index (χ2n) is 3.68. The first-order chi connectivity index (χ1) is 8.04. The number of carboxylic acids is 1. The van der Waals surface area contributed by atoms with Gasteiger partial charge in [-0.2, -0.15) is 0 Å². The van der Waals surface area contributed by atoms with Crippen LogP contribution < -0.4 is 11.1 Å². The van der Waals surface area contributed by atoms with E-state index in [9.17, 15) is 14.4 Å². The molecule has 6 nitrogen and oxygen atoms in total. The maximum Gasteiger partial charge on any atom is 0.305 e. The van der Waals surface area contributed by atoms with Gasteiger partial charge in [0.05, 0.1) is 18.5 Å². The van der Waals surface area contributed by atoms with Gasteiger partial charge in [0.25, 0.3) is 0 Å². The number of aliphatic carboxylic acids is 1. The zero-order valence-electron chi connectivity index (χ0n) is 9.13. The van der Waals surface area contributed by atoms with Crippen molar-refractivity contribution in [3.8, 4) is 0 Å². The minimum atomic E-state index is -1.14. The summed E-state index contributed by atoms with van der Waals surface area (Å²) in [5.41, 5.74) is 5.85. The third kappa shape index (κ3) is 3.84. The molecule has 6 heteroatoms. The normalized spacial score (nSPS) is 20.3. The molecule has 92 valence electrons. The van der Waals surface area contributed by atoms with E-state index in [1.807, 2.05) is 0 Å². The molecule has 0 saturated heterocycles. The highest BCUT2D eigenvalue weighted by Crippen LogP contribution is 2.10. The molecule has 1 aliphatic rings. The van der Waals surface area contributed by atoms with Gasteiger partial charge in [0, 0.05) is 5.57 Å². The number of carbonyl (C=O) groups is 3. The lowest BCUT2D eigenvalue weighted by Crippen LogP contribution is -2.46. The summed E-state index contributed by atoms with van der Waals surface area (Å²) >= 11 is 0. The zero-order valence-corrected chi connectivity index (χ0v) is 9.13. The van der Waals surface area contributed by atoms with Crippen LogP contribution in [0.2, 0.25) is 0 Å². The highest BCUT2D eigenvalue weighted by Gasteiger charge is 2.21. The molecule has 1 unspecified atom stereocenters. The lowest BCUT2D eigenvalue weighted by atomic mass is 10.0. The SMILES string of the molecule is N[C@@H](CC(=O)O)C(=O)NC1C=CCC=C1C=O. The van der Waals surface area contributed by atoms with Crippen molar-refractivity contribution in [2.75, 3.05) is 0 Å². The summed E-state index contributed by atoms with van der Waals surface area (Å²) in [5, 5.41) is 11.0. The molecule has 0 heterocycles. The summed E-state index contributed by atoms with van der Waals surface area (Å²) < 4.78 is 0. The Morgan fingerprint density at radius 3 is 2.94 bits per heavy atom. The molecule has 2 atom stereocenters. The van der Waals surface area contributed by atoms with Gasteiger partial charge in [0.15, 0.2) is 0 Å². The highest BCUT2D eigenvalue weighted by atomic mass is 16.4. The van der Waals surface area contributed by atoms with Crippen molar-refractivity contribution in [2.45, 2.75) is 24.9 Å². The topological polar surface area (TPSA) is 109 Å². The Morgan fingerprint density at radius 2 is 2.35 bits per heavy atom. The average Bonchev–Trinajstić information content (AvgIpc) is 2.28. The molecular formula is C11H14N2O4. The number of carbonyl (C=O) groups excluding carboxylic acids is 2. The molecule has 1 rings (SSSR count). The Labute approximate surface area is 98.2 Å². The van der Waals surface area contributed by atoms with E-state index in [1.165, 1.54) is 0 Å². The maximum atomic E-state index is 11.5. The van der Waals surface area contributed by atoms with E-state index in [4.69, 9.17) is 10.8 Å². The van der Waals surface area contributed by atoms with Crippen LogP contribution in [-0.2, 0) is 14.4 Å². The zero-order chi connectivity index (χ0) is 12.8. The molecule has 0 fully saturated rings. The Kier molecular flexibility index (Phi) is 4.59. The molecular weight excluding hydrogens is 224 g/mol. The van der Waals surface area contributed by atoms with Gasteiger partial charge in [0.1, 0.15) is 6.29 Å². The molecule has 0 bridgehead atoms. The minimum absolute atomic E-state index is 0.442. The van der Waals surface area contributed by atoms with E-state index >= 15 is 0 Å². The third-order valence-corrected chi connectivity index (χ3v) is 2.34. The van der Waals surface area contributed by atoms with Crippen LogP contribution in [0.15, 0.2) is 23.8 Å². The summed E-state index contributed by atoms with van der Waals surface area (Å²) in [6.07, 6.45) is 6.04. The Balaban J connectivity index is 2.58. The van der Waals surface area contributed by atoms with Crippen molar-refractivity contribution in [1.82, 2.24) is 5.32 Å². The largest absolute Gasteiger partial charge is 0.481 e. The van der Waals surface area contributed by atoms with E-state index in [2.05, 4.69) is 5.32 Å². The number of aldehydes is 1. The van der Waals surface area contributed by atoms with Crippen LogP contribution in [0.1, 0.15) is 12.8 Å². The van der Waals surface area contributed by atoms with Gasteiger partial charge in [-0.25, -0.2) is 0 Å². The number of carboxylic acid groups (broad SMARTS) is 1. The number of rotatable bonds is 5. The van der Waals surface area contributed by atoms with Crippen LogP contribution >= 0.6 is 0 Å².